The van der Waals surface area contributed by atoms with E-state index >= 15 is 0 Å². The summed E-state index contributed by atoms with van der Waals surface area (Å²) in [5.74, 6) is -1.59. The molecule has 0 radical (unpaired) electrons. The number of benzene rings is 2. The van der Waals surface area contributed by atoms with Gasteiger partial charge in [-0.3, -0.25) is 29.4 Å². The minimum absolute atomic E-state index is 0.0330. The van der Waals surface area contributed by atoms with Crippen molar-refractivity contribution in [2.75, 3.05) is 19.0 Å². The van der Waals surface area contributed by atoms with Crippen LogP contribution in [-0.2, 0) is 4.79 Å². The number of ether oxygens (including phenoxy) is 1. The lowest BCUT2D eigenvalue weighted by atomic mass is 10.1. The van der Waals surface area contributed by atoms with E-state index in [4.69, 9.17) is 4.74 Å². The average Bonchev–Trinajstić information content (AvgIpc) is 2.86. The summed E-state index contributed by atoms with van der Waals surface area (Å²) < 4.78 is 5.12. The number of fused-ring (bicyclic) bond motifs is 1. The summed E-state index contributed by atoms with van der Waals surface area (Å²) in [6.45, 7) is -0.516. The molecule has 1 aliphatic rings. The minimum atomic E-state index is -0.746. The molecule has 0 fully saturated rings. The van der Waals surface area contributed by atoms with Crippen molar-refractivity contribution in [3.63, 3.8) is 0 Å². The molecule has 9 heteroatoms. The Morgan fingerprint density at radius 2 is 1.85 bits per heavy atom. The molecule has 0 saturated heterocycles. The average molecular weight is 355 g/mol. The molecule has 0 bridgehead atoms. The highest BCUT2D eigenvalue weighted by Gasteiger charge is 2.37. The van der Waals surface area contributed by atoms with Gasteiger partial charge in [0.05, 0.1) is 28.8 Å². The molecule has 0 saturated carbocycles. The lowest BCUT2D eigenvalue weighted by Crippen LogP contribution is -2.37. The van der Waals surface area contributed by atoms with E-state index in [1.807, 2.05) is 0 Å². The molecule has 1 heterocycles. The zero-order valence-corrected chi connectivity index (χ0v) is 13.6. The van der Waals surface area contributed by atoms with E-state index in [1.54, 1.807) is 24.3 Å². The maximum absolute atomic E-state index is 12.4. The van der Waals surface area contributed by atoms with Crippen molar-refractivity contribution >= 4 is 29.1 Å². The fraction of sp³-hybridized carbons (Fsp3) is 0.118. The van der Waals surface area contributed by atoms with Crippen LogP contribution in [0, 0.1) is 10.1 Å². The maximum atomic E-state index is 12.4. The van der Waals surface area contributed by atoms with Gasteiger partial charge in [-0.15, -0.1) is 0 Å². The fourth-order valence-corrected chi connectivity index (χ4v) is 2.62. The first-order valence-electron chi connectivity index (χ1n) is 7.50. The highest BCUT2D eigenvalue weighted by Crippen LogP contribution is 2.27. The predicted molar refractivity (Wildman–Crippen MR) is 90.1 cm³/mol. The van der Waals surface area contributed by atoms with Gasteiger partial charge in [0.2, 0.25) is 5.91 Å². The van der Waals surface area contributed by atoms with Crippen molar-refractivity contribution < 1.29 is 24.0 Å². The Morgan fingerprint density at radius 1 is 1.15 bits per heavy atom. The van der Waals surface area contributed by atoms with Gasteiger partial charge in [0, 0.05) is 12.1 Å². The second kappa shape index (κ2) is 6.63. The zero-order valence-electron chi connectivity index (χ0n) is 13.6. The summed E-state index contributed by atoms with van der Waals surface area (Å²) in [5.41, 5.74) is 0.0393. The molecular weight excluding hydrogens is 342 g/mol. The lowest BCUT2D eigenvalue weighted by molar-refractivity contribution is -0.384. The summed E-state index contributed by atoms with van der Waals surface area (Å²) in [4.78, 5) is 47.9. The van der Waals surface area contributed by atoms with Crippen molar-refractivity contribution in [2.24, 2.45) is 0 Å². The van der Waals surface area contributed by atoms with Gasteiger partial charge in [-0.2, -0.15) is 0 Å². The van der Waals surface area contributed by atoms with Crippen molar-refractivity contribution in [2.45, 2.75) is 0 Å². The Balaban J connectivity index is 1.78. The highest BCUT2D eigenvalue weighted by atomic mass is 16.6. The van der Waals surface area contributed by atoms with Crippen molar-refractivity contribution in [1.82, 2.24) is 4.90 Å². The molecule has 0 atom stereocenters. The van der Waals surface area contributed by atoms with Gasteiger partial charge < -0.3 is 10.1 Å². The molecule has 0 spiro atoms. The van der Waals surface area contributed by atoms with Crippen LogP contribution in [-0.4, -0.2) is 41.2 Å². The van der Waals surface area contributed by atoms with E-state index in [1.165, 1.54) is 13.2 Å². The van der Waals surface area contributed by atoms with Crippen LogP contribution in [0.3, 0.4) is 0 Å². The van der Waals surface area contributed by atoms with Gasteiger partial charge in [0.25, 0.3) is 17.5 Å². The Morgan fingerprint density at radius 3 is 2.54 bits per heavy atom. The number of nitrogens with zero attached hydrogens (tertiary/aromatic N) is 2. The smallest absolute Gasteiger partial charge is 0.270 e. The Labute approximate surface area is 147 Å². The van der Waals surface area contributed by atoms with E-state index in [9.17, 15) is 24.5 Å². The number of para-hydroxylation sites is 2. The fourth-order valence-electron chi connectivity index (χ4n) is 2.62. The molecule has 26 heavy (non-hydrogen) atoms. The van der Waals surface area contributed by atoms with Gasteiger partial charge in [0.1, 0.15) is 12.3 Å². The third-order valence-corrected chi connectivity index (χ3v) is 3.85. The number of nitro groups is 1. The number of rotatable bonds is 5. The van der Waals surface area contributed by atoms with E-state index < -0.39 is 29.2 Å². The second-order valence-electron chi connectivity index (χ2n) is 5.43. The number of amides is 3. The van der Waals surface area contributed by atoms with Crippen molar-refractivity contribution in [3.8, 4) is 5.75 Å². The minimum Gasteiger partial charge on any atom is -0.495 e. The molecule has 1 N–H and O–H groups in total. The van der Waals surface area contributed by atoms with Gasteiger partial charge in [0.15, 0.2) is 0 Å². The van der Waals surface area contributed by atoms with Crippen LogP contribution < -0.4 is 10.1 Å². The summed E-state index contributed by atoms with van der Waals surface area (Å²) in [6.07, 6.45) is 0. The number of anilines is 1. The first-order valence-corrected chi connectivity index (χ1v) is 7.50. The third-order valence-electron chi connectivity index (χ3n) is 3.85. The highest BCUT2D eigenvalue weighted by molar-refractivity contribution is 6.23. The zero-order chi connectivity index (χ0) is 18.8. The Hall–Kier alpha value is -3.75. The number of hydrogen-bond donors (Lipinski definition) is 1. The topological polar surface area (TPSA) is 119 Å². The Kier molecular flexibility index (Phi) is 4.36. The largest absolute Gasteiger partial charge is 0.495 e. The normalized spacial score (nSPS) is 12.7. The van der Waals surface area contributed by atoms with Gasteiger partial charge >= 0.3 is 0 Å². The van der Waals surface area contributed by atoms with Crippen LogP contribution in [0.15, 0.2) is 42.5 Å². The van der Waals surface area contributed by atoms with Crippen molar-refractivity contribution in [3.05, 3.63) is 63.7 Å². The van der Waals surface area contributed by atoms with Crippen LogP contribution >= 0.6 is 0 Å². The molecule has 0 aromatic heterocycles. The quantitative estimate of drug-likeness (QED) is 0.496. The number of nitrogens with one attached hydrogen (secondary N) is 1. The molecule has 3 rings (SSSR count). The monoisotopic (exact) mass is 355 g/mol. The Bertz CT molecular complexity index is 940. The number of non-ortho nitro benzene ring substituents is 1. The molecule has 132 valence electrons. The van der Waals surface area contributed by atoms with Crippen LogP contribution in [0.4, 0.5) is 11.4 Å². The summed E-state index contributed by atoms with van der Waals surface area (Å²) in [6, 6.07) is 10.1. The number of imide groups is 1. The van der Waals surface area contributed by atoms with E-state index in [2.05, 4.69) is 5.32 Å². The first-order chi connectivity index (χ1) is 12.4. The molecule has 9 nitrogen and oxygen atoms in total. The molecule has 0 unspecified atom stereocenters. The lowest BCUT2D eigenvalue weighted by Gasteiger charge is -2.14. The van der Waals surface area contributed by atoms with Gasteiger partial charge in [-0.05, 0) is 18.2 Å². The first kappa shape index (κ1) is 17.1. The number of carbonyl (C=O) groups is 3. The molecule has 2 aromatic rings. The number of nitro benzene ring substituents is 1. The number of carbonyl (C=O) groups excluding carboxylic acids is 3. The molecule has 0 aliphatic carbocycles. The van der Waals surface area contributed by atoms with Crippen LogP contribution in [0.5, 0.6) is 5.75 Å². The van der Waals surface area contributed by atoms with Crippen LogP contribution in [0.1, 0.15) is 20.7 Å². The number of hydrogen-bond acceptors (Lipinski definition) is 6. The van der Waals surface area contributed by atoms with E-state index in [0.29, 0.717) is 11.4 Å². The summed E-state index contributed by atoms with van der Waals surface area (Å²) in [5, 5.41) is 13.4. The van der Waals surface area contributed by atoms with Gasteiger partial charge in [-0.1, -0.05) is 12.1 Å². The molecule has 1 aliphatic heterocycles. The van der Waals surface area contributed by atoms with Crippen LogP contribution in [0.25, 0.3) is 0 Å². The summed E-state index contributed by atoms with van der Waals surface area (Å²) >= 11 is 0. The number of methoxy groups -OCH3 is 1. The SMILES string of the molecule is COc1ccccc1NC(=O)CN1C(=O)c2ccc([N+](=O)[O-])cc2C1=O. The standard InChI is InChI=1S/C17H13N3O6/c1-26-14-5-3-2-4-13(14)18-15(21)9-19-16(22)11-7-6-10(20(24)25)8-12(11)17(19)23/h2-8H,9H2,1H3,(H,18,21). The van der Waals surface area contributed by atoms with E-state index in [-0.39, 0.29) is 16.8 Å². The molecule has 2 aromatic carbocycles. The van der Waals surface area contributed by atoms with Crippen molar-refractivity contribution in [1.29, 1.82) is 0 Å². The van der Waals surface area contributed by atoms with E-state index in [0.717, 1.165) is 17.0 Å². The molecule has 3 amide bonds. The third kappa shape index (κ3) is 2.97. The molecular formula is C17H13N3O6. The van der Waals surface area contributed by atoms with Gasteiger partial charge in [-0.25, -0.2) is 0 Å². The predicted octanol–water partition coefficient (Wildman–Crippen LogP) is 1.84. The summed E-state index contributed by atoms with van der Waals surface area (Å²) in [7, 11) is 1.45. The second-order valence-corrected chi connectivity index (χ2v) is 5.43. The van der Waals surface area contributed by atoms with Crippen LogP contribution in [0.2, 0.25) is 0 Å². The maximum Gasteiger partial charge on any atom is 0.270 e.